The van der Waals surface area contributed by atoms with E-state index >= 15 is 0 Å². The predicted molar refractivity (Wildman–Crippen MR) is 147 cm³/mol. The van der Waals surface area contributed by atoms with E-state index < -0.39 is 5.60 Å². The summed E-state index contributed by atoms with van der Waals surface area (Å²) in [6.45, 7) is 16.4. The van der Waals surface area contributed by atoms with Gasteiger partial charge in [0, 0.05) is 19.5 Å². The molecule has 6 nitrogen and oxygen atoms in total. The van der Waals surface area contributed by atoms with Crippen molar-refractivity contribution >= 4 is 12.1 Å². The molecule has 0 spiro atoms. The zero-order valence-corrected chi connectivity index (χ0v) is 24.7. The summed E-state index contributed by atoms with van der Waals surface area (Å²) in [5.41, 5.74) is 0.398. The first kappa shape index (κ1) is 28.7. The average molecular weight is 519 g/mol. The molecule has 0 aromatic carbocycles. The Bertz CT molecular complexity index is 825. The first-order valence-corrected chi connectivity index (χ1v) is 15.2. The Morgan fingerprint density at radius 2 is 1.65 bits per heavy atom. The maximum Gasteiger partial charge on any atom is 0.407 e. The molecule has 4 fully saturated rings. The lowest BCUT2D eigenvalue weighted by atomic mass is 9.44. The Morgan fingerprint density at radius 3 is 2.35 bits per heavy atom. The summed E-state index contributed by atoms with van der Waals surface area (Å²) >= 11 is 0. The molecule has 0 bridgehead atoms. The van der Waals surface area contributed by atoms with E-state index in [-0.39, 0.29) is 18.2 Å². The standard InChI is InChI=1S/C31H54N2O4/c1-20(32-17-8-18-33-28(35)37-29(3,4)5)25-11-12-26-24-10-9-22-19-23(36-21(2)34)13-15-30(22,6)27(24)14-16-31(25,26)7/h20,22-27,32H,8-19H2,1-7H3,(H,33,35)/t20?,22?,23-,24?,25+,26?,27?,30-,31+/m0/s1. The number of hydrogen-bond acceptors (Lipinski definition) is 5. The highest BCUT2D eigenvalue weighted by Gasteiger charge is 2.60. The smallest absolute Gasteiger partial charge is 0.407 e. The predicted octanol–water partition coefficient (Wildman–Crippen LogP) is 6.47. The lowest BCUT2D eigenvalue weighted by Crippen LogP contribution is -2.55. The fourth-order valence-corrected chi connectivity index (χ4v) is 9.49. The van der Waals surface area contributed by atoms with Crippen molar-refractivity contribution in [1.29, 1.82) is 0 Å². The van der Waals surface area contributed by atoms with E-state index in [9.17, 15) is 9.59 Å². The molecule has 212 valence electrons. The van der Waals surface area contributed by atoms with Gasteiger partial charge in [-0.25, -0.2) is 4.79 Å². The van der Waals surface area contributed by atoms with E-state index in [0.29, 0.717) is 29.3 Å². The van der Waals surface area contributed by atoms with Crippen LogP contribution in [0.3, 0.4) is 0 Å². The third kappa shape index (κ3) is 6.15. The summed E-state index contributed by atoms with van der Waals surface area (Å²) < 4.78 is 11.0. The van der Waals surface area contributed by atoms with Crippen LogP contribution in [0.5, 0.6) is 0 Å². The Labute approximate surface area is 225 Å². The van der Waals surface area contributed by atoms with Crippen molar-refractivity contribution in [3.05, 3.63) is 0 Å². The number of carbonyl (C=O) groups excluding carboxylic acids is 2. The Balaban J connectivity index is 1.29. The highest BCUT2D eigenvalue weighted by Crippen LogP contribution is 2.67. The first-order valence-electron chi connectivity index (χ1n) is 15.2. The summed E-state index contributed by atoms with van der Waals surface area (Å²) in [5.74, 6) is 3.86. The van der Waals surface area contributed by atoms with Crippen LogP contribution >= 0.6 is 0 Å². The van der Waals surface area contributed by atoms with E-state index in [4.69, 9.17) is 9.47 Å². The van der Waals surface area contributed by atoms with Gasteiger partial charge in [0.1, 0.15) is 11.7 Å². The van der Waals surface area contributed by atoms with E-state index in [0.717, 1.165) is 49.5 Å². The average Bonchev–Trinajstić information content (AvgIpc) is 3.15. The van der Waals surface area contributed by atoms with E-state index in [1.165, 1.54) is 44.9 Å². The lowest BCUT2D eigenvalue weighted by molar-refractivity contribution is -0.160. The number of hydrogen-bond donors (Lipinski definition) is 2. The van der Waals surface area contributed by atoms with E-state index in [2.05, 4.69) is 31.4 Å². The van der Waals surface area contributed by atoms with Crippen molar-refractivity contribution in [1.82, 2.24) is 10.6 Å². The number of nitrogens with one attached hydrogen (secondary N) is 2. The summed E-state index contributed by atoms with van der Waals surface area (Å²) in [4.78, 5) is 23.4. The molecule has 9 atom stereocenters. The second kappa shape index (κ2) is 11.1. The maximum absolute atomic E-state index is 11.9. The van der Waals surface area contributed by atoms with E-state index in [1.807, 2.05) is 20.8 Å². The quantitative estimate of drug-likeness (QED) is 0.298. The van der Waals surface area contributed by atoms with Crippen LogP contribution in [0.4, 0.5) is 4.79 Å². The van der Waals surface area contributed by atoms with Gasteiger partial charge < -0.3 is 20.1 Å². The van der Waals surface area contributed by atoms with Gasteiger partial charge in [0.15, 0.2) is 0 Å². The topological polar surface area (TPSA) is 76.7 Å². The van der Waals surface area contributed by atoms with Gasteiger partial charge in [-0.05, 0) is 139 Å². The van der Waals surface area contributed by atoms with Crippen molar-refractivity contribution in [2.75, 3.05) is 13.1 Å². The van der Waals surface area contributed by atoms with Crippen LogP contribution in [0.25, 0.3) is 0 Å². The molecule has 5 unspecified atom stereocenters. The molecule has 37 heavy (non-hydrogen) atoms. The number of amides is 1. The monoisotopic (exact) mass is 518 g/mol. The second-order valence-corrected chi connectivity index (χ2v) is 14.4. The van der Waals surface area contributed by atoms with Gasteiger partial charge in [-0.1, -0.05) is 13.8 Å². The van der Waals surface area contributed by atoms with Gasteiger partial charge in [-0.2, -0.15) is 0 Å². The first-order chi connectivity index (χ1) is 17.3. The van der Waals surface area contributed by atoms with Crippen LogP contribution in [0, 0.1) is 40.4 Å². The minimum atomic E-state index is -0.454. The molecule has 0 heterocycles. The van der Waals surface area contributed by atoms with Crippen molar-refractivity contribution < 1.29 is 19.1 Å². The molecule has 4 rings (SSSR count). The normalized spacial score (nSPS) is 40.1. The zero-order chi connectivity index (χ0) is 27.0. The molecule has 4 aliphatic carbocycles. The molecule has 0 aliphatic heterocycles. The van der Waals surface area contributed by atoms with Crippen LogP contribution in [-0.2, 0) is 14.3 Å². The third-order valence-corrected chi connectivity index (χ3v) is 11.1. The molecule has 1 amide bonds. The van der Waals surface area contributed by atoms with Crippen molar-refractivity contribution in [2.24, 2.45) is 40.4 Å². The second-order valence-electron chi connectivity index (χ2n) is 14.4. The SMILES string of the molecule is CC(=O)O[C@H]1CC[C@@]2(C)C(CCC3C2CC[C@@]2(C)C3CC[C@@H]2C(C)NCCCNC(=O)OC(C)(C)C)C1. The lowest BCUT2D eigenvalue weighted by Gasteiger charge is -2.61. The van der Waals surface area contributed by atoms with Crippen LogP contribution in [0.2, 0.25) is 0 Å². The van der Waals surface area contributed by atoms with Gasteiger partial charge in [0.2, 0.25) is 0 Å². The highest BCUT2D eigenvalue weighted by molar-refractivity contribution is 5.67. The number of fused-ring (bicyclic) bond motifs is 5. The maximum atomic E-state index is 11.9. The molecule has 4 saturated carbocycles. The number of ether oxygens (including phenoxy) is 2. The van der Waals surface area contributed by atoms with Gasteiger partial charge in [-0.15, -0.1) is 0 Å². The molecule has 4 aliphatic rings. The van der Waals surface area contributed by atoms with Crippen molar-refractivity contribution in [2.45, 2.75) is 130 Å². The van der Waals surface area contributed by atoms with Crippen LogP contribution in [0.1, 0.15) is 113 Å². The molecule has 0 aromatic heterocycles. The Kier molecular flexibility index (Phi) is 8.58. The molecule has 6 heteroatoms. The molecular weight excluding hydrogens is 464 g/mol. The number of esters is 1. The van der Waals surface area contributed by atoms with Crippen molar-refractivity contribution in [3.63, 3.8) is 0 Å². The zero-order valence-electron chi connectivity index (χ0n) is 24.7. The summed E-state index contributed by atoms with van der Waals surface area (Å²) in [7, 11) is 0. The summed E-state index contributed by atoms with van der Waals surface area (Å²) in [6, 6.07) is 0.499. The fourth-order valence-electron chi connectivity index (χ4n) is 9.49. The largest absolute Gasteiger partial charge is 0.463 e. The Hall–Kier alpha value is -1.30. The van der Waals surface area contributed by atoms with Crippen molar-refractivity contribution in [3.8, 4) is 0 Å². The molecule has 0 aromatic rings. The third-order valence-electron chi connectivity index (χ3n) is 11.1. The summed E-state index contributed by atoms with van der Waals surface area (Å²) in [5, 5.41) is 6.70. The van der Waals surface area contributed by atoms with Gasteiger partial charge in [0.25, 0.3) is 0 Å². The molecule has 0 radical (unpaired) electrons. The number of rotatable bonds is 7. The summed E-state index contributed by atoms with van der Waals surface area (Å²) in [6.07, 6.45) is 12.2. The number of carbonyl (C=O) groups is 2. The van der Waals surface area contributed by atoms with E-state index in [1.54, 1.807) is 6.92 Å². The van der Waals surface area contributed by atoms with Gasteiger partial charge in [0.05, 0.1) is 0 Å². The number of alkyl carbamates (subject to hydrolysis) is 1. The van der Waals surface area contributed by atoms with Crippen LogP contribution < -0.4 is 10.6 Å². The molecule has 0 saturated heterocycles. The van der Waals surface area contributed by atoms with Crippen LogP contribution in [-0.4, -0.2) is 42.9 Å². The fraction of sp³-hybridized carbons (Fsp3) is 0.935. The minimum Gasteiger partial charge on any atom is -0.463 e. The van der Waals surface area contributed by atoms with Gasteiger partial charge in [-0.3, -0.25) is 4.79 Å². The van der Waals surface area contributed by atoms with Gasteiger partial charge >= 0.3 is 12.1 Å². The highest BCUT2D eigenvalue weighted by atomic mass is 16.6. The molecular formula is C31H54N2O4. The minimum absolute atomic E-state index is 0.116. The Morgan fingerprint density at radius 1 is 0.946 bits per heavy atom. The molecule has 2 N–H and O–H groups in total. The van der Waals surface area contributed by atoms with Crippen LogP contribution in [0.15, 0.2) is 0 Å².